The van der Waals surface area contributed by atoms with Crippen molar-refractivity contribution in [3.8, 4) is 5.75 Å². The second kappa shape index (κ2) is 6.96. The van der Waals surface area contributed by atoms with Gasteiger partial charge in [0.15, 0.2) is 0 Å². The van der Waals surface area contributed by atoms with Crippen LogP contribution >= 0.6 is 27.5 Å². The van der Waals surface area contributed by atoms with Crippen LogP contribution in [0, 0.1) is 6.92 Å². The molecule has 0 fully saturated rings. The lowest BCUT2D eigenvalue weighted by atomic mass is 10.1. The number of aryl methyl sites for hydroxylation is 1. The minimum absolute atomic E-state index is 0.120. The molecule has 0 aliphatic rings. The maximum absolute atomic E-state index is 12.1. The molecule has 5 heteroatoms. The number of carbonyl (C=O) groups excluding carboxylic acids is 1. The lowest BCUT2D eigenvalue weighted by Gasteiger charge is -2.09. The predicted molar refractivity (Wildman–Crippen MR) is 89.2 cm³/mol. The molecule has 110 valence electrons. The van der Waals surface area contributed by atoms with Gasteiger partial charge in [0.05, 0.1) is 24.2 Å². The van der Waals surface area contributed by atoms with Crippen molar-refractivity contribution in [2.75, 3.05) is 12.4 Å². The van der Waals surface area contributed by atoms with Crippen LogP contribution in [-0.2, 0) is 11.2 Å². The average molecular weight is 369 g/mol. The van der Waals surface area contributed by atoms with E-state index in [0.717, 1.165) is 21.3 Å². The molecule has 2 aromatic carbocycles. The van der Waals surface area contributed by atoms with Gasteiger partial charge in [-0.15, -0.1) is 0 Å². The molecule has 0 saturated heterocycles. The van der Waals surface area contributed by atoms with Crippen LogP contribution in [0.25, 0.3) is 0 Å². The Hall–Kier alpha value is -1.52. The van der Waals surface area contributed by atoms with Gasteiger partial charge < -0.3 is 10.1 Å². The van der Waals surface area contributed by atoms with Crippen LogP contribution in [0.3, 0.4) is 0 Å². The Morgan fingerprint density at radius 1 is 1.29 bits per heavy atom. The van der Waals surface area contributed by atoms with E-state index in [0.29, 0.717) is 10.7 Å². The molecule has 0 atom stereocenters. The smallest absolute Gasteiger partial charge is 0.228 e. The molecule has 1 amide bonds. The Morgan fingerprint density at radius 3 is 2.71 bits per heavy atom. The first-order valence-corrected chi connectivity index (χ1v) is 7.55. The number of ether oxygens (including phenoxy) is 1. The Labute approximate surface area is 137 Å². The molecular formula is C16H15BrClNO2. The number of benzene rings is 2. The second-order valence-electron chi connectivity index (χ2n) is 4.65. The highest BCUT2D eigenvalue weighted by Gasteiger charge is 2.09. The minimum Gasteiger partial charge on any atom is -0.496 e. The van der Waals surface area contributed by atoms with Crippen molar-refractivity contribution in [1.29, 1.82) is 0 Å². The van der Waals surface area contributed by atoms with Crippen molar-refractivity contribution < 1.29 is 9.53 Å². The number of rotatable bonds is 4. The fourth-order valence-corrected chi connectivity index (χ4v) is 2.67. The standard InChI is InChI=1S/C16H15BrClNO2/c1-10-3-4-11(7-15(10)21-2)8-16(20)19-14-6-5-12(17)9-13(14)18/h3-7,9H,8H2,1-2H3,(H,19,20). The molecule has 2 aromatic rings. The maximum Gasteiger partial charge on any atom is 0.228 e. The number of hydrogen-bond acceptors (Lipinski definition) is 2. The third kappa shape index (κ3) is 4.22. The first-order chi connectivity index (χ1) is 9.99. The van der Waals surface area contributed by atoms with Gasteiger partial charge in [-0.1, -0.05) is 39.7 Å². The summed E-state index contributed by atoms with van der Waals surface area (Å²) in [5.41, 5.74) is 2.53. The van der Waals surface area contributed by atoms with E-state index >= 15 is 0 Å². The summed E-state index contributed by atoms with van der Waals surface area (Å²) in [7, 11) is 1.62. The first kappa shape index (κ1) is 15.9. The number of hydrogen-bond donors (Lipinski definition) is 1. The lowest BCUT2D eigenvalue weighted by molar-refractivity contribution is -0.115. The summed E-state index contributed by atoms with van der Waals surface area (Å²) < 4.78 is 6.13. The van der Waals surface area contributed by atoms with E-state index in [-0.39, 0.29) is 12.3 Å². The summed E-state index contributed by atoms with van der Waals surface area (Å²) in [5, 5.41) is 3.30. The Morgan fingerprint density at radius 2 is 2.05 bits per heavy atom. The highest BCUT2D eigenvalue weighted by Crippen LogP contribution is 2.26. The highest BCUT2D eigenvalue weighted by atomic mass is 79.9. The normalized spacial score (nSPS) is 10.3. The predicted octanol–water partition coefficient (Wildman–Crippen LogP) is 4.60. The first-order valence-electron chi connectivity index (χ1n) is 6.38. The fourth-order valence-electron chi connectivity index (χ4n) is 1.95. The average Bonchev–Trinajstić information content (AvgIpc) is 2.44. The molecular weight excluding hydrogens is 354 g/mol. The van der Waals surface area contributed by atoms with Gasteiger partial charge in [0.1, 0.15) is 5.75 Å². The van der Waals surface area contributed by atoms with E-state index in [2.05, 4.69) is 21.2 Å². The molecule has 0 unspecified atom stereocenters. The number of carbonyl (C=O) groups is 1. The summed E-state index contributed by atoms with van der Waals surface area (Å²) in [5.74, 6) is 0.659. The van der Waals surface area contributed by atoms with E-state index in [9.17, 15) is 4.79 Å². The van der Waals surface area contributed by atoms with Crippen molar-refractivity contribution in [3.05, 3.63) is 57.0 Å². The van der Waals surface area contributed by atoms with Gasteiger partial charge in [0.25, 0.3) is 0 Å². The summed E-state index contributed by atoms with van der Waals surface area (Å²) in [6, 6.07) is 11.1. The lowest BCUT2D eigenvalue weighted by Crippen LogP contribution is -2.14. The molecule has 0 bridgehead atoms. The third-order valence-corrected chi connectivity index (χ3v) is 3.85. The van der Waals surface area contributed by atoms with Crippen LogP contribution in [0.15, 0.2) is 40.9 Å². The second-order valence-corrected chi connectivity index (χ2v) is 5.98. The topological polar surface area (TPSA) is 38.3 Å². The molecule has 0 aliphatic heterocycles. The van der Waals surface area contributed by atoms with Crippen LogP contribution in [0.5, 0.6) is 5.75 Å². The third-order valence-electron chi connectivity index (χ3n) is 3.04. The molecule has 3 nitrogen and oxygen atoms in total. The summed E-state index contributed by atoms with van der Waals surface area (Å²) in [6.07, 6.45) is 0.267. The number of amides is 1. The van der Waals surface area contributed by atoms with Crippen LogP contribution in [-0.4, -0.2) is 13.0 Å². The molecule has 21 heavy (non-hydrogen) atoms. The van der Waals surface area contributed by atoms with Crippen molar-refractivity contribution >= 4 is 39.1 Å². The molecule has 2 rings (SSSR count). The quantitative estimate of drug-likeness (QED) is 0.856. The van der Waals surface area contributed by atoms with Gasteiger partial charge in [-0.3, -0.25) is 4.79 Å². The molecule has 1 N–H and O–H groups in total. The summed E-state index contributed by atoms with van der Waals surface area (Å²) >= 11 is 9.41. The SMILES string of the molecule is COc1cc(CC(=O)Nc2ccc(Br)cc2Cl)ccc1C. The van der Waals surface area contributed by atoms with Gasteiger partial charge in [-0.25, -0.2) is 0 Å². The van der Waals surface area contributed by atoms with Gasteiger partial charge in [0, 0.05) is 4.47 Å². The molecule has 0 saturated carbocycles. The maximum atomic E-state index is 12.1. The fraction of sp³-hybridized carbons (Fsp3) is 0.188. The van der Waals surface area contributed by atoms with Gasteiger partial charge in [-0.05, 0) is 42.3 Å². The molecule has 0 heterocycles. The van der Waals surface area contributed by atoms with Crippen molar-refractivity contribution in [1.82, 2.24) is 0 Å². The number of halogens is 2. The minimum atomic E-state index is -0.120. The highest BCUT2D eigenvalue weighted by molar-refractivity contribution is 9.10. The van der Waals surface area contributed by atoms with Crippen LogP contribution < -0.4 is 10.1 Å². The van der Waals surface area contributed by atoms with Gasteiger partial charge >= 0.3 is 0 Å². The Bertz CT molecular complexity index is 673. The van der Waals surface area contributed by atoms with Gasteiger partial charge in [-0.2, -0.15) is 0 Å². The van der Waals surface area contributed by atoms with Crippen LogP contribution in [0.4, 0.5) is 5.69 Å². The van der Waals surface area contributed by atoms with E-state index in [4.69, 9.17) is 16.3 Å². The number of anilines is 1. The molecule has 0 aliphatic carbocycles. The molecule has 0 aromatic heterocycles. The zero-order chi connectivity index (χ0) is 15.4. The zero-order valence-corrected chi connectivity index (χ0v) is 14.1. The summed E-state index contributed by atoms with van der Waals surface area (Å²) in [4.78, 5) is 12.1. The van der Waals surface area contributed by atoms with Crippen LogP contribution in [0.2, 0.25) is 5.02 Å². The van der Waals surface area contributed by atoms with E-state index in [1.807, 2.05) is 31.2 Å². The molecule has 0 spiro atoms. The van der Waals surface area contributed by atoms with Crippen molar-refractivity contribution in [3.63, 3.8) is 0 Å². The zero-order valence-electron chi connectivity index (χ0n) is 11.7. The van der Waals surface area contributed by atoms with E-state index < -0.39 is 0 Å². The Kier molecular flexibility index (Phi) is 5.26. The molecule has 0 radical (unpaired) electrons. The number of nitrogens with one attached hydrogen (secondary N) is 1. The number of methoxy groups -OCH3 is 1. The van der Waals surface area contributed by atoms with Gasteiger partial charge in [0.2, 0.25) is 5.91 Å². The Balaban J connectivity index is 2.08. The van der Waals surface area contributed by atoms with Crippen molar-refractivity contribution in [2.24, 2.45) is 0 Å². The largest absolute Gasteiger partial charge is 0.496 e. The summed E-state index contributed by atoms with van der Waals surface area (Å²) in [6.45, 7) is 1.96. The van der Waals surface area contributed by atoms with Crippen LogP contribution in [0.1, 0.15) is 11.1 Å². The monoisotopic (exact) mass is 367 g/mol. The van der Waals surface area contributed by atoms with Crippen molar-refractivity contribution in [2.45, 2.75) is 13.3 Å². The van der Waals surface area contributed by atoms with E-state index in [1.165, 1.54) is 0 Å². The van der Waals surface area contributed by atoms with E-state index in [1.54, 1.807) is 19.2 Å².